The Hall–Kier alpha value is -3.42. The van der Waals surface area contributed by atoms with Gasteiger partial charge in [-0.25, -0.2) is 22.5 Å². The number of halogens is 5. The number of aryl methyl sites for hydroxylation is 1. The molecule has 37 heavy (non-hydrogen) atoms. The van der Waals surface area contributed by atoms with E-state index in [2.05, 4.69) is 15.0 Å². The normalized spacial score (nSPS) is 11.8. The molecule has 0 radical (unpaired) electrons. The molecule has 1 heterocycles. The topological polar surface area (TPSA) is 107 Å². The number of hydrogen-bond donors (Lipinski definition) is 2. The zero-order valence-electron chi connectivity index (χ0n) is 19.3. The lowest BCUT2D eigenvalue weighted by molar-refractivity contribution is -0.137. The molecule has 0 unspecified atom stereocenters. The molecule has 3 aromatic rings. The van der Waals surface area contributed by atoms with Crippen molar-refractivity contribution in [3.05, 3.63) is 76.2 Å². The van der Waals surface area contributed by atoms with Crippen molar-refractivity contribution >= 4 is 33.2 Å². The summed E-state index contributed by atoms with van der Waals surface area (Å²) in [7, 11) is -2.25. The maximum absolute atomic E-state index is 13.5. The van der Waals surface area contributed by atoms with E-state index in [9.17, 15) is 30.8 Å². The van der Waals surface area contributed by atoms with Gasteiger partial charge >= 0.3 is 6.18 Å². The molecule has 0 bridgehead atoms. The molecule has 0 atom stereocenters. The Morgan fingerprint density at radius 1 is 1.11 bits per heavy atom. The van der Waals surface area contributed by atoms with Gasteiger partial charge in [0.05, 0.1) is 21.9 Å². The van der Waals surface area contributed by atoms with Gasteiger partial charge in [0.2, 0.25) is 15.9 Å². The third-order valence-electron chi connectivity index (χ3n) is 4.88. The first-order valence-electron chi connectivity index (χ1n) is 10.5. The SMILES string of the molecule is CNS(=O)(=O)CCOc1cc(NC(=O)c2cc(Cl)c(C(F)(F)F)cc2Oc2ccc(F)cc2C)ccn1. The van der Waals surface area contributed by atoms with E-state index < -0.39 is 44.3 Å². The highest BCUT2D eigenvalue weighted by atomic mass is 35.5. The second-order valence-corrected chi connectivity index (χ2v) is 10.00. The van der Waals surface area contributed by atoms with Gasteiger partial charge in [0.1, 0.15) is 23.9 Å². The first-order valence-corrected chi connectivity index (χ1v) is 12.5. The Bertz CT molecular complexity index is 1420. The molecule has 0 aliphatic heterocycles. The molecule has 0 saturated heterocycles. The number of nitrogens with one attached hydrogen (secondary N) is 2. The fourth-order valence-electron chi connectivity index (χ4n) is 3.00. The average molecular weight is 562 g/mol. The van der Waals surface area contributed by atoms with E-state index >= 15 is 0 Å². The molecule has 198 valence electrons. The standard InChI is InChI=1S/C23H20ClF4N3O5S/c1-13-9-14(25)3-4-19(13)36-20-12-17(23(26,27)28)18(24)11-16(20)22(32)31-15-5-6-30-21(10-15)35-7-8-37(33,34)29-2/h3-6,9-12,29H,7-8H2,1-2H3,(H,30,31,32). The van der Waals surface area contributed by atoms with E-state index in [0.717, 1.165) is 18.2 Å². The highest BCUT2D eigenvalue weighted by molar-refractivity contribution is 7.89. The quantitative estimate of drug-likeness (QED) is 0.349. The maximum atomic E-state index is 13.5. The van der Waals surface area contributed by atoms with E-state index in [-0.39, 0.29) is 40.8 Å². The molecule has 0 spiro atoms. The summed E-state index contributed by atoms with van der Waals surface area (Å²) in [5.74, 6) is -2.23. The van der Waals surface area contributed by atoms with Crippen molar-refractivity contribution in [2.45, 2.75) is 13.1 Å². The molecule has 0 saturated carbocycles. The summed E-state index contributed by atoms with van der Waals surface area (Å²) in [4.78, 5) is 17.0. The van der Waals surface area contributed by atoms with Crippen molar-refractivity contribution in [1.29, 1.82) is 0 Å². The summed E-state index contributed by atoms with van der Waals surface area (Å²) in [6.07, 6.45) is -3.56. The first kappa shape index (κ1) is 28.2. The number of carbonyl (C=O) groups excluding carboxylic acids is 1. The van der Waals surface area contributed by atoms with Crippen molar-refractivity contribution in [2.24, 2.45) is 0 Å². The number of nitrogens with zero attached hydrogens (tertiary/aromatic N) is 1. The number of hydrogen-bond acceptors (Lipinski definition) is 6. The number of anilines is 1. The highest BCUT2D eigenvalue weighted by Gasteiger charge is 2.35. The van der Waals surface area contributed by atoms with E-state index in [1.165, 1.54) is 38.4 Å². The molecular weight excluding hydrogens is 542 g/mol. The summed E-state index contributed by atoms with van der Waals surface area (Å²) in [6, 6.07) is 7.47. The Balaban J connectivity index is 1.89. The zero-order chi connectivity index (χ0) is 27.4. The minimum absolute atomic E-state index is 0.00651. The Labute approximate surface area is 214 Å². The molecule has 0 aliphatic rings. The molecule has 1 amide bonds. The van der Waals surface area contributed by atoms with Gasteiger partial charge in [0.25, 0.3) is 5.91 Å². The van der Waals surface area contributed by atoms with Crippen LogP contribution in [-0.4, -0.2) is 38.7 Å². The van der Waals surface area contributed by atoms with Crippen LogP contribution in [0.3, 0.4) is 0 Å². The van der Waals surface area contributed by atoms with E-state index in [1.54, 1.807) is 0 Å². The second kappa shape index (κ2) is 11.3. The second-order valence-electron chi connectivity index (χ2n) is 7.55. The molecule has 8 nitrogen and oxygen atoms in total. The van der Waals surface area contributed by atoms with Crippen LogP contribution >= 0.6 is 11.6 Å². The number of alkyl halides is 3. The largest absolute Gasteiger partial charge is 0.476 e. The summed E-state index contributed by atoms with van der Waals surface area (Å²) >= 11 is 5.83. The van der Waals surface area contributed by atoms with E-state index in [4.69, 9.17) is 21.1 Å². The van der Waals surface area contributed by atoms with Gasteiger partial charge in [-0.1, -0.05) is 11.6 Å². The number of ether oxygens (including phenoxy) is 2. The molecule has 1 aromatic heterocycles. The van der Waals surface area contributed by atoms with Gasteiger partial charge in [-0.15, -0.1) is 0 Å². The summed E-state index contributed by atoms with van der Waals surface area (Å²) in [6.45, 7) is 1.26. The van der Waals surface area contributed by atoms with Crippen LogP contribution in [0.1, 0.15) is 21.5 Å². The van der Waals surface area contributed by atoms with Crippen molar-refractivity contribution in [2.75, 3.05) is 24.7 Å². The number of rotatable bonds is 9. The molecule has 3 rings (SSSR count). The minimum Gasteiger partial charge on any atom is -0.476 e. The summed E-state index contributed by atoms with van der Waals surface area (Å²) in [5, 5.41) is 1.75. The Kier molecular flexibility index (Phi) is 8.61. The van der Waals surface area contributed by atoms with Crippen LogP contribution < -0.4 is 19.5 Å². The van der Waals surface area contributed by atoms with Gasteiger partial charge in [0, 0.05) is 18.0 Å². The lowest BCUT2D eigenvalue weighted by Gasteiger charge is -2.17. The number of aromatic nitrogens is 1. The van der Waals surface area contributed by atoms with Gasteiger partial charge in [-0.3, -0.25) is 4.79 Å². The molecule has 0 fully saturated rings. The third kappa shape index (κ3) is 7.54. The molecule has 0 aliphatic carbocycles. The van der Waals surface area contributed by atoms with Crippen molar-refractivity contribution < 1.29 is 40.2 Å². The summed E-state index contributed by atoms with van der Waals surface area (Å²) < 4.78 is 89.9. The van der Waals surface area contributed by atoms with Crippen LogP contribution in [0.25, 0.3) is 0 Å². The van der Waals surface area contributed by atoms with E-state index in [1.807, 2.05) is 0 Å². The average Bonchev–Trinajstić information content (AvgIpc) is 2.81. The fourth-order valence-corrected chi connectivity index (χ4v) is 3.78. The van der Waals surface area contributed by atoms with Crippen LogP contribution in [0.4, 0.5) is 23.2 Å². The minimum atomic E-state index is -4.83. The fraction of sp³-hybridized carbons (Fsp3) is 0.217. The number of pyridine rings is 1. The maximum Gasteiger partial charge on any atom is 0.417 e. The Morgan fingerprint density at radius 2 is 1.84 bits per heavy atom. The van der Waals surface area contributed by atoms with Crippen LogP contribution in [0.15, 0.2) is 48.7 Å². The number of benzene rings is 2. The van der Waals surface area contributed by atoms with Crippen LogP contribution in [-0.2, 0) is 16.2 Å². The number of amides is 1. The van der Waals surface area contributed by atoms with Crippen LogP contribution in [0.2, 0.25) is 5.02 Å². The van der Waals surface area contributed by atoms with Crippen LogP contribution in [0.5, 0.6) is 17.4 Å². The number of sulfonamides is 1. The lowest BCUT2D eigenvalue weighted by atomic mass is 10.1. The third-order valence-corrected chi connectivity index (χ3v) is 6.52. The molecular formula is C23H20ClF4N3O5S. The predicted molar refractivity (Wildman–Crippen MR) is 128 cm³/mol. The monoisotopic (exact) mass is 561 g/mol. The molecule has 14 heteroatoms. The molecule has 2 aromatic carbocycles. The van der Waals surface area contributed by atoms with Crippen LogP contribution in [0, 0.1) is 12.7 Å². The lowest BCUT2D eigenvalue weighted by Crippen LogP contribution is -2.25. The summed E-state index contributed by atoms with van der Waals surface area (Å²) in [5.41, 5.74) is -1.13. The van der Waals surface area contributed by atoms with Gasteiger partial charge < -0.3 is 14.8 Å². The predicted octanol–water partition coefficient (Wildman–Crippen LogP) is 5.17. The highest BCUT2D eigenvalue weighted by Crippen LogP contribution is 2.40. The van der Waals surface area contributed by atoms with Gasteiger partial charge in [-0.05, 0) is 55.9 Å². The zero-order valence-corrected chi connectivity index (χ0v) is 20.9. The van der Waals surface area contributed by atoms with E-state index in [0.29, 0.717) is 6.07 Å². The van der Waals surface area contributed by atoms with Gasteiger partial charge in [0.15, 0.2) is 0 Å². The molecule has 2 N–H and O–H groups in total. The Morgan fingerprint density at radius 3 is 2.49 bits per heavy atom. The first-order chi connectivity index (χ1) is 17.3. The van der Waals surface area contributed by atoms with Crippen molar-refractivity contribution in [3.8, 4) is 17.4 Å². The van der Waals surface area contributed by atoms with Crippen molar-refractivity contribution in [3.63, 3.8) is 0 Å². The van der Waals surface area contributed by atoms with Gasteiger partial charge in [-0.2, -0.15) is 13.2 Å². The van der Waals surface area contributed by atoms with Crippen molar-refractivity contribution in [1.82, 2.24) is 9.71 Å². The number of carbonyl (C=O) groups is 1. The smallest absolute Gasteiger partial charge is 0.417 e.